The molecule has 0 aromatic carbocycles. The van der Waals surface area contributed by atoms with Crippen LogP contribution in [0.3, 0.4) is 0 Å². The van der Waals surface area contributed by atoms with Crippen molar-refractivity contribution in [2.24, 2.45) is 0 Å². The molecule has 0 radical (unpaired) electrons. The summed E-state index contributed by atoms with van der Waals surface area (Å²) in [5.74, 6) is 0. The highest BCUT2D eigenvalue weighted by atomic mass is 14.0. The van der Waals surface area contributed by atoms with Crippen LogP contribution in [0.1, 0.15) is 20.3 Å². The van der Waals surface area contributed by atoms with Gasteiger partial charge in [0.1, 0.15) is 0 Å². The van der Waals surface area contributed by atoms with E-state index in [9.17, 15) is 0 Å². The van der Waals surface area contributed by atoms with Gasteiger partial charge in [0.05, 0.1) is 0 Å². The van der Waals surface area contributed by atoms with Crippen molar-refractivity contribution in [2.75, 3.05) is 0 Å². The maximum absolute atomic E-state index is 3.05. The maximum Gasteiger partial charge on any atom is -0.0107 e. The Kier molecular flexibility index (Phi) is 2.30. The lowest BCUT2D eigenvalue weighted by Gasteiger charge is -1.99. The first kappa shape index (κ1) is 7.11. The first-order valence-electron chi connectivity index (χ1n) is 3.53. The van der Waals surface area contributed by atoms with Crippen LogP contribution in [0, 0.1) is 0 Å². The van der Waals surface area contributed by atoms with E-state index in [1.807, 2.05) is 12.2 Å². The molecule has 0 spiro atoms. The van der Waals surface area contributed by atoms with E-state index in [2.05, 4.69) is 31.7 Å². The molecule has 0 atom stereocenters. The summed E-state index contributed by atoms with van der Waals surface area (Å²) < 4.78 is 0. The standard InChI is InChI=1S/C10H12/c1-9-6-4-3-5-7-10(2)8-9/h4-7H,8H2,1-2H3. The van der Waals surface area contributed by atoms with Crippen molar-refractivity contribution < 1.29 is 0 Å². The van der Waals surface area contributed by atoms with Gasteiger partial charge in [-0.05, 0) is 32.4 Å². The fraction of sp³-hybridized carbons (Fsp3) is 0.300. The Morgan fingerprint density at radius 2 is 1.60 bits per heavy atom. The Morgan fingerprint density at radius 1 is 1.10 bits per heavy atom. The van der Waals surface area contributed by atoms with Crippen molar-refractivity contribution in [1.82, 2.24) is 0 Å². The maximum atomic E-state index is 3.05. The summed E-state index contributed by atoms with van der Waals surface area (Å²) in [6.45, 7) is 4.28. The summed E-state index contributed by atoms with van der Waals surface area (Å²) in [7, 11) is 0. The number of rotatable bonds is 0. The van der Waals surface area contributed by atoms with Gasteiger partial charge in [-0.1, -0.05) is 23.3 Å². The van der Waals surface area contributed by atoms with Gasteiger partial charge in [0, 0.05) is 0 Å². The molecule has 0 N–H and O–H groups in total. The average Bonchev–Trinajstić information content (AvgIpc) is 1.83. The van der Waals surface area contributed by atoms with Gasteiger partial charge in [-0.15, -0.1) is 5.73 Å². The normalized spacial score (nSPS) is 17.4. The quantitative estimate of drug-likeness (QED) is 0.444. The van der Waals surface area contributed by atoms with Crippen LogP contribution in [-0.4, -0.2) is 0 Å². The molecule has 0 fully saturated rings. The summed E-state index contributed by atoms with van der Waals surface area (Å²) in [4.78, 5) is 0. The predicted octanol–water partition coefficient (Wildman–Crippen LogP) is 2.99. The van der Waals surface area contributed by atoms with E-state index in [4.69, 9.17) is 0 Å². The third kappa shape index (κ3) is 2.08. The Bertz CT molecular complexity index is 211. The minimum atomic E-state index is 1.09. The molecular weight excluding hydrogens is 120 g/mol. The largest absolute Gasteiger partial charge is 0.121 e. The molecule has 0 aromatic heterocycles. The van der Waals surface area contributed by atoms with E-state index in [0.717, 1.165) is 6.42 Å². The summed E-state index contributed by atoms with van der Waals surface area (Å²) in [6.07, 6.45) is 9.21. The van der Waals surface area contributed by atoms with E-state index in [-0.39, 0.29) is 0 Å². The van der Waals surface area contributed by atoms with E-state index >= 15 is 0 Å². The Balaban J connectivity index is 2.90. The van der Waals surface area contributed by atoms with Crippen molar-refractivity contribution in [2.45, 2.75) is 20.3 Å². The molecule has 52 valence electrons. The molecule has 0 heterocycles. The van der Waals surface area contributed by atoms with Gasteiger partial charge < -0.3 is 0 Å². The van der Waals surface area contributed by atoms with Crippen molar-refractivity contribution in [3.05, 3.63) is 41.2 Å². The van der Waals surface area contributed by atoms with Gasteiger partial charge in [0.2, 0.25) is 0 Å². The lowest BCUT2D eigenvalue weighted by molar-refractivity contribution is 1.11. The van der Waals surface area contributed by atoms with Crippen LogP contribution in [0.25, 0.3) is 0 Å². The van der Waals surface area contributed by atoms with Crippen molar-refractivity contribution in [1.29, 1.82) is 0 Å². The number of hydrogen-bond donors (Lipinski definition) is 0. The van der Waals surface area contributed by atoms with Crippen LogP contribution < -0.4 is 0 Å². The van der Waals surface area contributed by atoms with E-state index in [1.54, 1.807) is 0 Å². The summed E-state index contributed by atoms with van der Waals surface area (Å²) in [5, 5.41) is 0. The summed E-state index contributed by atoms with van der Waals surface area (Å²) in [6, 6.07) is 0. The van der Waals surface area contributed by atoms with Crippen LogP contribution in [-0.2, 0) is 0 Å². The van der Waals surface area contributed by atoms with Gasteiger partial charge in [-0.3, -0.25) is 0 Å². The molecular formula is C10H12. The highest BCUT2D eigenvalue weighted by Crippen LogP contribution is 2.10. The van der Waals surface area contributed by atoms with E-state index in [1.165, 1.54) is 11.1 Å². The second-order valence-corrected chi connectivity index (χ2v) is 2.70. The van der Waals surface area contributed by atoms with Crippen LogP contribution in [0.4, 0.5) is 0 Å². The fourth-order valence-electron chi connectivity index (χ4n) is 0.994. The van der Waals surface area contributed by atoms with Crippen molar-refractivity contribution in [3.8, 4) is 0 Å². The molecule has 0 aliphatic heterocycles. The van der Waals surface area contributed by atoms with Crippen molar-refractivity contribution >= 4 is 0 Å². The van der Waals surface area contributed by atoms with E-state index < -0.39 is 0 Å². The molecule has 0 nitrogen and oxygen atoms in total. The SMILES string of the molecule is CC1=CC=C=CC=C(C)C1. The van der Waals surface area contributed by atoms with Gasteiger partial charge in [0.25, 0.3) is 0 Å². The molecule has 0 amide bonds. The first-order chi connectivity index (χ1) is 4.79. The Hall–Kier alpha value is -1.00. The molecule has 0 unspecified atom stereocenters. The molecule has 0 bridgehead atoms. The molecule has 1 aliphatic carbocycles. The lowest BCUT2D eigenvalue weighted by Crippen LogP contribution is -1.79. The van der Waals surface area contributed by atoms with Crippen LogP contribution >= 0.6 is 0 Å². The topological polar surface area (TPSA) is 0 Å². The van der Waals surface area contributed by atoms with Gasteiger partial charge in [-0.2, -0.15) is 0 Å². The molecule has 0 heteroatoms. The Labute approximate surface area is 62.3 Å². The lowest BCUT2D eigenvalue weighted by atomic mass is 10.1. The smallest absolute Gasteiger partial charge is 0.0107 e. The molecule has 10 heavy (non-hydrogen) atoms. The van der Waals surface area contributed by atoms with Gasteiger partial charge >= 0.3 is 0 Å². The average molecular weight is 132 g/mol. The van der Waals surface area contributed by atoms with Crippen LogP contribution in [0.2, 0.25) is 0 Å². The third-order valence-corrected chi connectivity index (χ3v) is 1.49. The highest BCUT2D eigenvalue weighted by Gasteiger charge is 1.90. The monoisotopic (exact) mass is 132 g/mol. The van der Waals surface area contributed by atoms with Crippen LogP contribution in [0.15, 0.2) is 41.2 Å². The third-order valence-electron chi connectivity index (χ3n) is 1.49. The minimum Gasteiger partial charge on any atom is -0.121 e. The highest BCUT2D eigenvalue weighted by molar-refractivity contribution is 5.23. The zero-order chi connectivity index (χ0) is 7.40. The van der Waals surface area contributed by atoms with Crippen LogP contribution in [0.5, 0.6) is 0 Å². The predicted molar refractivity (Wildman–Crippen MR) is 44.8 cm³/mol. The second-order valence-electron chi connectivity index (χ2n) is 2.70. The molecule has 1 rings (SSSR count). The Morgan fingerprint density at radius 3 is 2.10 bits per heavy atom. The molecule has 1 aliphatic rings. The number of hydrogen-bond acceptors (Lipinski definition) is 0. The summed E-state index contributed by atoms with van der Waals surface area (Å²) in [5.41, 5.74) is 5.84. The van der Waals surface area contributed by atoms with E-state index in [0.29, 0.717) is 0 Å². The zero-order valence-electron chi connectivity index (χ0n) is 6.52. The molecule has 0 aromatic rings. The second kappa shape index (κ2) is 3.24. The molecule has 0 saturated carbocycles. The van der Waals surface area contributed by atoms with Gasteiger partial charge in [0.15, 0.2) is 0 Å². The fourth-order valence-corrected chi connectivity index (χ4v) is 0.994. The molecule has 0 saturated heterocycles. The van der Waals surface area contributed by atoms with Gasteiger partial charge in [-0.25, -0.2) is 0 Å². The zero-order valence-corrected chi connectivity index (χ0v) is 6.52. The summed E-state index contributed by atoms with van der Waals surface area (Å²) >= 11 is 0. The van der Waals surface area contributed by atoms with Crippen molar-refractivity contribution in [3.63, 3.8) is 0 Å². The number of allylic oxidation sites excluding steroid dienone is 5. The first-order valence-corrected chi connectivity index (χ1v) is 3.53. The minimum absolute atomic E-state index is 1.09.